The summed E-state index contributed by atoms with van der Waals surface area (Å²) in [6.45, 7) is 9.94. The molecular weight excluding hydrogens is 468 g/mol. The van der Waals surface area contributed by atoms with E-state index in [-0.39, 0.29) is 12.6 Å². The lowest BCUT2D eigenvalue weighted by molar-refractivity contribution is 0.197. The van der Waals surface area contributed by atoms with Gasteiger partial charge in [0.2, 0.25) is 5.95 Å². The number of hydrogen-bond acceptors (Lipinski definition) is 9. The zero-order valence-corrected chi connectivity index (χ0v) is 22.1. The van der Waals surface area contributed by atoms with Crippen LogP contribution in [0, 0.1) is 5.41 Å². The van der Waals surface area contributed by atoms with Crippen LogP contribution in [0.2, 0.25) is 0 Å². The Labute approximate surface area is 218 Å². The summed E-state index contributed by atoms with van der Waals surface area (Å²) in [6, 6.07) is 6.51. The van der Waals surface area contributed by atoms with Crippen LogP contribution >= 0.6 is 0 Å². The number of fused-ring (bicyclic) bond motifs is 1. The second-order valence-electron chi connectivity index (χ2n) is 10.6. The topological polar surface area (TPSA) is 118 Å². The fraction of sp³-hybridized carbons (Fsp3) is 0.593. The Hall–Kier alpha value is -2.95. The molecule has 2 aliphatic rings. The molecule has 1 aromatic carbocycles. The highest BCUT2D eigenvalue weighted by Crippen LogP contribution is 2.40. The van der Waals surface area contributed by atoms with Crippen LogP contribution in [0.4, 0.5) is 11.8 Å². The molecule has 2 aromatic heterocycles. The highest BCUT2D eigenvalue weighted by atomic mass is 16.5. The third-order valence-electron chi connectivity index (χ3n) is 7.86. The van der Waals surface area contributed by atoms with E-state index in [0.717, 1.165) is 86.8 Å². The Morgan fingerprint density at radius 2 is 1.95 bits per heavy atom. The van der Waals surface area contributed by atoms with E-state index >= 15 is 0 Å². The third-order valence-corrected chi connectivity index (χ3v) is 7.86. The zero-order valence-electron chi connectivity index (χ0n) is 22.1. The highest BCUT2D eigenvalue weighted by Gasteiger charge is 2.42. The standard InChI is InChI=1S/C27H40N8O2/c1-3-4-9-29-25-24-22(31-26(28)32-25)15-30-35(24)17-21-6-5-20(14-23(21)37-2)16-34-11-8-27(19-34)7-10-33(18-27)12-13-36/h5-6,14-15,36H,3-4,7-13,16-19H2,1-2H3,(H3,28,29,31,32). The predicted octanol–water partition coefficient (Wildman–Crippen LogP) is 2.57. The number of rotatable bonds is 11. The van der Waals surface area contributed by atoms with Crippen molar-refractivity contribution in [3.8, 4) is 5.75 Å². The third kappa shape index (κ3) is 5.66. The lowest BCUT2D eigenvalue weighted by Gasteiger charge is -2.25. The fourth-order valence-electron chi connectivity index (χ4n) is 5.94. The first-order chi connectivity index (χ1) is 18.0. The number of nitrogens with zero attached hydrogens (tertiary/aromatic N) is 6. The molecule has 1 atom stereocenters. The lowest BCUT2D eigenvalue weighted by atomic mass is 9.86. The van der Waals surface area contributed by atoms with Gasteiger partial charge in [-0.3, -0.25) is 9.58 Å². The van der Waals surface area contributed by atoms with Gasteiger partial charge in [0, 0.05) is 38.3 Å². The van der Waals surface area contributed by atoms with Crippen molar-refractivity contribution in [3.63, 3.8) is 0 Å². The molecule has 0 bridgehead atoms. The lowest BCUT2D eigenvalue weighted by Crippen LogP contribution is -2.31. The van der Waals surface area contributed by atoms with Crippen molar-refractivity contribution in [1.29, 1.82) is 0 Å². The van der Waals surface area contributed by atoms with E-state index in [9.17, 15) is 5.11 Å². The SMILES string of the molecule is CCCCNc1nc(N)nc2cnn(Cc3ccc(CN4CCC5(CCN(CCO)C5)C4)cc3OC)c12. The largest absolute Gasteiger partial charge is 0.496 e. The van der Waals surface area contributed by atoms with E-state index in [2.05, 4.69) is 55.3 Å². The highest BCUT2D eigenvalue weighted by molar-refractivity contribution is 5.86. The van der Waals surface area contributed by atoms with Gasteiger partial charge in [-0.2, -0.15) is 10.1 Å². The van der Waals surface area contributed by atoms with Crippen molar-refractivity contribution >= 4 is 22.8 Å². The van der Waals surface area contributed by atoms with E-state index in [0.29, 0.717) is 12.0 Å². The van der Waals surface area contributed by atoms with Gasteiger partial charge < -0.3 is 25.8 Å². The number of nitrogens with two attached hydrogens (primary N) is 1. The smallest absolute Gasteiger partial charge is 0.222 e. The molecule has 37 heavy (non-hydrogen) atoms. The molecule has 1 unspecified atom stereocenters. The molecule has 5 rings (SSSR count). The summed E-state index contributed by atoms with van der Waals surface area (Å²) in [6.07, 6.45) is 6.35. The summed E-state index contributed by atoms with van der Waals surface area (Å²) in [5.74, 6) is 1.83. The minimum absolute atomic E-state index is 0.246. The Morgan fingerprint density at radius 1 is 1.14 bits per heavy atom. The average Bonchev–Trinajstić information content (AvgIpc) is 3.59. The number of aliphatic hydroxyl groups excluding tert-OH is 1. The van der Waals surface area contributed by atoms with Gasteiger partial charge in [0.05, 0.1) is 26.5 Å². The van der Waals surface area contributed by atoms with E-state index < -0.39 is 0 Å². The average molecular weight is 509 g/mol. The number of hydrogen-bond donors (Lipinski definition) is 3. The Bertz CT molecular complexity index is 1210. The van der Waals surface area contributed by atoms with E-state index in [4.69, 9.17) is 10.5 Å². The monoisotopic (exact) mass is 508 g/mol. The van der Waals surface area contributed by atoms with Crippen molar-refractivity contribution in [2.45, 2.75) is 45.7 Å². The molecule has 0 saturated carbocycles. The second-order valence-corrected chi connectivity index (χ2v) is 10.6. The van der Waals surface area contributed by atoms with Crippen LogP contribution in [0.1, 0.15) is 43.7 Å². The van der Waals surface area contributed by atoms with Crippen molar-refractivity contribution in [2.75, 3.05) is 64.0 Å². The van der Waals surface area contributed by atoms with Crippen LogP contribution < -0.4 is 15.8 Å². The molecule has 3 aromatic rings. The minimum atomic E-state index is 0.246. The van der Waals surface area contributed by atoms with Gasteiger partial charge in [-0.05, 0) is 49.4 Å². The molecule has 0 radical (unpaired) electrons. The molecule has 10 heteroatoms. The number of nitrogen functional groups attached to an aromatic ring is 1. The van der Waals surface area contributed by atoms with Gasteiger partial charge in [0.1, 0.15) is 16.8 Å². The first-order valence-corrected chi connectivity index (χ1v) is 13.5. The molecule has 2 fully saturated rings. The summed E-state index contributed by atoms with van der Waals surface area (Å²) in [4.78, 5) is 13.8. The molecule has 0 amide bonds. The number of nitrogens with one attached hydrogen (secondary N) is 1. The number of benzene rings is 1. The molecule has 2 aliphatic heterocycles. The van der Waals surface area contributed by atoms with Gasteiger partial charge in [-0.1, -0.05) is 25.5 Å². The number of β-amino-alcohol motifs (C(OH)–C–C–N with tert-alkyl or cyclic N) is 1. The molecule has 0 aliphatic carbocycles. The maximum Gasteiger partial charge on any atom is 0.222 e. The van der Waals surface area contributed by atoms with Crippen molar-refractivity contribution in [2.24, 2.45) is 5.41 Å². The van der Waals surface area contributed by atoms with E-state index in [1.54, 1.807) is 13.3 Å². The quantitative estimate of drug-likeness (QED) is 0.336. The van der Waals surface area contributed by atoms with Gasteiger partial charge in [0.25, 0.3) is 0 Å². The maximum atomic E-state index is 9.29. The van der Waals surface area contributed by atoms with Crippen molar-refractivity contribution in [1.82, 2.24) is 29.5 Å². The fourth-order valence-corrected chi connectivity index (χ4v) is 5.94. The number of methoxy groups -OCH3 is 1. The second kappa shape index (κ2) is 11.2. The number of aliphatic hydroxyl groups is 1. The normalized spacial score (nSPS) is 20.4. The predicted molar refractivity (Wildman–Crippen MR) is 146 cm³/mol. The van der Waals surface area contributed by atoms with E-state index in [1.165, 1.54) is 18.4 Å². The number of ether oxygens (including phenoxy) is 1. The van der Waals surface area contributed by atoms with Crippen LogP contribution in [-0.4, -0.2) is 87.6 Å². The van der Waals surface area contributed by atoms with Crippen LogP contribution in [0.15, 0.2) is 24.4 Å². The van der Waals surface area contributed by atoms with Crippen LogP contribution in [-0.2, 0) is 13.1 Å². The van der Waals surface area contributed by atoms with Gasteiger partial charge in [-0.15, -0.1) is 0 Å². The van der Waals surface area contributed by atoms with Crippen molar-refractivity contribution < 1.29 is 9.84 Å². The first kappa shape index (κ1) is 25.7. The van der Waals surface area contributed by atoms with Crippen LogP contribution in [0.25, 0.3) is 11.0 Å². The summed E-state index contributed by atoms with van der Waals surface area (Å²) in [7, 11) is 1.73. The molecule has 4 heterocycles. The number of aromatic nitrogens is 4. The molecule has 1 spiro atoms. The van der Waals surface area contributed by atoms with E-state index in [1.807, 2.05) is 4.68 Å². The molecule has 10 nitrogen and oxygen atoms in total. The Kier molecular flexibility index (Phi) is 7.78. The first-order valence-electron chi connectivity index (χ1n) is 13.5. The summed E-state index contributed by atoms with van der Waals surface area (Å²) < 4.78 is 7.74. The summed E-state index contributed by atoms with van der Waals surface area (Å²) in [5, 5.41) is 17.3. The van der Waals surface area contributed by atoms with Crippen LogP contribution in [0.5, 0.6) is 5.75 Å². The number of unbranched alkanes of at least 4 members (excludes halogenated alkanes) is 1. The summed E-state index contributed by atoms with van der Waals surface area (Å²) in [5.41, 5.74) is 10.2. The Morgan fingerprint density at radius 3 is 2.73 bits per heavy atom. The number of anilines is 2. The Balaban J connectivity index is 1.29. The van der Waals surface area contributed by atoms with Gasteiger partial charge in [-0.25, -0.2) is 4.98 Å². The van der Waals surface area contributed by atoms with Crippen molar-refractivity contribution in [3.05, 3.63) is 35.5 Å². The molecular formula is C27H40N8O2. The summed E-state index contributed by atoms with van der Waals surface area (Å²) >= 11 is 0. The molecule has 4 N–H and O–H groups in total. The number of likely N-dealkylation sites (tertiary alicyclic amines) is 2. The molecule has 2 saturated heterocycles. The van der Waals surface area contributed by atoms with Gasteiger partial charge in [0.15, 0.2) is 5.82 Å². The zero-order chi connectivity index (χ0) is 25.8. The van der Waals surface area contributed by atoms with Crippen LogP contribution in [0.3, 0.4) is 0 Å². The van der Waals surface area contributed by atoms with Gasteiger partial charge >= 0.3 is 0 Å². The molecule has 200 valence electrons. The minimum Gasteiger partial charge on any atom is -0.496 e. The maximum absolute atomic E-state index is 9.29.